The highest BCUT2D eigenvalue weighted by atomic mass is 32.1. The fraction of sp³-hybridized carbons (Fsp3) is 0.211. The molecule has 8 nitrogen and oxygen atoms in total. The first-order valence-corrected chi connectivity index (χ1v) is 11.1. The van der Waals surface area contributed by atoms with Crippen molar-refractivity contribution in [3.8, 4) is 0 Å². The summed E-state index contributed by atoms with van der Waals surface area (Å²) in [6, 6.07) is 16.5. The number of amides is 1. The zero-order chi connectivity index (χ0) is 20.9. The number of carbonyl (C=O) groups is 1. The van der Waals surface area contributed by atoms with Crippen LogP contribution in [-0.2, 0) is 13.6 Å². The summed E-state index contributed by atoms with van der Waals surface area (Å²) in [5.41, 5.74) is 2.28. The number of aromatic nitrogens is 2. The van der Waals surface area contributed by atoms with Crippen LogP contribution < -0.4 is 10.6 Å². The second-order valence-corrected chi connectivity index (χ2v) is 9.42. The lowest BCUT2D eigenvalue weighted by Gasteiger charge is -2.23. The summed E-state index contributed by atoms with van der Waals surface area (Å²) in [6.07, 6.45) is 0. The second kappa shape index (κ2) is 9.28. The molecule has 0 bridgehead atoms. The van der Waals surface area contributed by atoms with E-state index in [1.807, 2.05) is 49.4 Å². The Morgan fingerprint density at radius 1 is 1.03 bits per heavy atom. The van der Waals surface area contributed by atoms with E-state index < -0.39 is 19.3 Å². The van der Waals surface area contributed by atoms with Crippen molar-refractivity contribution in [1.82, 2.24) is 15.5 Å². The molecular weight excluding hydrogens is 411 g/mol. The monoisotopic (exact) mass is 432 g/mol. The topological polar surface area (TPSA) is 102 Å². The third-order valence-corrected chi connectivity index (χ3v) is 7.21. The van der Waals surface area contributed by atoms with E-state index in [-0.39, 0.29) is 0 Å². The number of para-hydroxylation sites is 1. The predicted molar refractivity (Wildman–Crippen MR) is 113 cm³/mol. The van der Waals surface area contributed by atoms with Gasteiger partial charge in [-0.1, -0.05) is 47.2 Å². The summed E-state index contributed by atoms with van der Waals surface area (Å²) < 4.78 is 23.3. The third kappa shape index (κ3) is 5.07. The van der Waals surface area contributed by atoms with Crippen molar-refractivity contribution in [1.29, 1.82) is 0 Å². The average Bonchev–Trinajstić information content (AvgIpc) is 3.20. The van der Waals surface area contributed by atoms with E-state index in [0.29, 0.717) is 15.7 Å². The first-order chi connectivity index (χ1) is 13.9. The van der Waals surface area contributed by atoms with Crippen molar-refractivity contribution in [2.75, 3.05) is 19.5 Å². The minimum absolute atomic E-state index is 0.302. The Labute approximate surface area is 172 Å². The average molecular weight is 432 g/mol. The van der Waals surface area contributed by atoms with Gasteiger partial charge in [-0.05, 0) is 31.2 Å². The van der Waals surface area contributed by atoms with Gasteiger partial charge in [-0.2, -0.15) is 0 Å². The number of hydrogen-bond donors (Lipinski definition) is 2. The van der Waals surface area contributed by atoms with Gasteiger partial charge in [0.15, 0.2) is 10.8 Å². The third-order valence-electron chi connectivity index (χ3n) is 4.11. The van der Waals surface area contributed by atoms with Crippen LogP contribution in [0.5, 0.6) is 0 Å². The summed E-state index contributed by atoms with van der Waals surface area (Å²) in [5.74, 6) is -1.52. The summed E-state index contributed by atoms with van der Waals surface area (Å²) in [7, 11) is -1.19. The van der Waals surface area contributed by atoms with Gasteiger partial charge in [0.1, 0.15) is 0 Å². The maximum Gasteiger partial charge on any atom is 0.359 e. The van der Waals surface area contributed by atoms with E-state index in [2.05, 4.69) is 20.8 Å². The van der Waals surface area contributed by atoms with Gasteiger partial charge in [0.05, 0.1) is 0 Å². The van der Waals surface area contributed by atoms with Crippen LogP contribution in [0.3, 0.4) is 0 Å². The number of hydrogen-bond acceptors (Lipinski definition) is 8. The molecule has 1 amide bonds. The van der Waals surface area contributed by atoms with Crippen molar-refractivity contribution in [2.45, 2.75) is 12.7 Å². The highest BCUT2D eigenvalue weighted by molar-refractivity contribution is 7.54. The normalized spacial score (nSPS) is 12.4. The van der Waals surface area contributed by atoms with Crippen LogP contribution in [-0.4, -0.2) is 30.3 Å². The van der Waals surface area contributed by atoms with E-state index >= 15 is 0 Å². The Hall–Kier alpha value is -2.58. The molecule has 3 rings (SSSR count). The molecule has 3 aromatic rings. The van der Waals surface area contributed by atoms with Crippen LogP contribution in [0.4, 0.5) is 10.8 Å². The summed E-state index contributed by atoms with van der Waals surface area (Å²) in [4.78, 5) is 12.7. The molecule has 1 aromatic heterocycles. The predicted octanol–water partition coefficient (Wildman–Crippen LogP) is 4.50. The van der Waals surface area contributed by atoms with E-state index in [9.17, 15) is 9.36 Å². The molecule has 152 valence electrons. The molecule has 2 N–H and O–H groups in total. The second-order valence-electron chi connectivity index (χ2n) is 6.08. The van der Waals surface area contributed by atoms with E-state index in [4.69, 9.17) is 9.05 Å². The lowest BCUT2D eigenvalue weighted by Crippen LogP contribution is -2.29. The molecule has 10 heteroatoms. The number of nitrogens with one attached hydrogen (secondary N) is 2. The van der Waals surface area contributed by atoms with Crippen LogP contribution in [0.2, 0.25) is 0 Å². The SMILES string of the molecule is COP(=O)(OC)[C@H](NC(=O)c1ccc(C)cc1)c1nnc(Nc2ccccc2)s1. The Morgan fingerprint density at radius 2 is 1.69 bits per heavy atom. The quantitative estimate of drug-likeness (QED) is 0.505. The van der Waals surface area contributed by atoms with E-state index in [1.54, 1.807) is 12.1 Å². The van der Waals surface area contributed by atoms with Crippen molar-refractivity contribution >= 4 is 35.7 Å². The minimum Gasteiger partial charge on any atom is -0.332 e. The molecule has 0 aliphatic rings. The highest BCUT2D eigenvalue weighted by Crippen LogP contribution is 2.59. The molecule has 0 radical (unpaired) electrons. The zero-order valence-electron chi connectivity index (χ0n) is 16.2. The fourth-order valence-corrected chi connectivity index (χ4v) is 4.93. The molecule has 0 aliphatic heterocycles. The number of aryl methyl sites for hydroxylation is 1. The van der Waals surface area contributed by atoms with Gasteiger partial charge in [0.25, 0.3) is 5.91 Å². The highest BCUT2D eigenvalue weighted by Gasteiger charge is 2.39. The van der Waals surface area contributed by atoms with Crippen molar-refractivity contribution in [3.63, 3.8) is 0 Å². The van der Waals surface area contributed by atoms with Crippen LogP contribution in [0.25, 0.3) is 0 Å². The minimum atomic E-state index is -3.72. The molecule has 29 heavy (non-hydrogen) atoms. The molecular formula is C19H21N4O4PS. The van der Waals surface area contributed by atoms with Gasteiger partial charge >= 0.3 is 7.60 Å². The van der Waals surface area contributed by atoms with Gasteiger partial charge in [-0.25, -0.2) is 0 Å². The maximum atomic E-state index is 13.1. The van der Waals surface area contributed by atoms with Crippen LogP contribution in [0, 0.1) is 6.92 Å². The molecule has 0 saturated carbocycles. The largest absolute Gasteiger partial charge is 0.359 e. The van der Waals surface area contributed by atoms with Gasteiger partial charge in [0.2, 0.25) is 5.13 Å². The van der Waals surface area contributed by atoms with Crippen molar-refractivity contribution in [2.24, 2.45) is 0 Å². The number of benzene rings is 2. The fourth-order valence-electron chi connectivity index (χ4n) is 2.51. The van der Waals surface area contributed by atoms with Gasteiger partial charge < -0.3 is 19.7 Å². The number of rotatable bonds is 8. The number of anilines is 2. The van der Waals surface area contributed by atoms with Gasteiger partial charge in [-0.3, -0.25) is 9.36 Å². The molecule has 0 saturated heterocycles. The summed E-state index contributed by atoms with van der Waals surface area (Å²) >= 11 is 1.15. The van der Waals surface area contributed by atoms with Crippen LogP contribution >= 0.6 is 18.9 Å². The molecule has 0 unspecified atom stereocenters. The van der Waals surface area contributed by atoms with Gasteiger partial charge in [-0.15, -0.1) is 10.2 Å². The Balaban J connectivity index is 1.87. The molecule has 0 fully saturated rings. The summed E-state index contributed by atoms with van der Waals surface area (Å²) in [5, 5.41) is 14.8. The Morgan fingerprint density at radius 3 is 2.31 bits per heavy atom. The van der Waals surface area contributed by atoms with E-state index in [1.165, 1.54) is 14.2 Å². The first-order valence-electron chi connectivity index (χ1n) is 8.69. The summed E-state index contributed by atoms with van der Waals surface area (Å²) in [6.45, 7) is 1.93. The molecule has 2 aromatic carbocycles. The lowest BCUT2D eigenvalue weighted by molar-refractivity contribution is 0.0940. The smallest absolute Gasteiger partial charge is 0.332 e. The van der Waals surface area contributed by atoms with Crippen molar-refractivity contribution in [3.05, 3.63) is 70.7 Å². The maximum absolute atomic E-state index is 13.1. The number of carbonyl (C=O) groups excluding carboxylic acids is 1. The molecule has 0 spiro atoms. The van der Waals surface area contributed by atoms with E-state index in [0.717, 1.165) is 22.6 Å². The number of nitrogens with zero attached hydrogens (tertiary/aromatic N) is 2. The lowest BCUT2D eigenvalue weighted by atomic mass is 10.1. The standard InChI is InChI=1S/C19H21N4O4PS/c1-13-9-11-14(12-10-13)16(24)21-17(28(25,26-2)27-3)18-22-23-19(29-18)20-15-7-5-4-6-8-15/h4-12,17H,1-3H3,(H,20,23)(H,21,24)/t17-/m0/s1. The Kier molecular flexibility index (Phi) is 6.76. The van der Waals surface area contributed by atoms with Crippen LogP contribution in [0.15, 0.2) is 54.6 Å². The Bertz CT molecular complexity index is 1000. The molecule has 1 atom stereocenters. The molecule has 0 aliphatic carbocycles. The zero-order valence-corrected chi connectivity index (χ0v) is 17.9. The van der Waals surface area contributed by atoms with Crippen molar-refractivity contribution < 1.29 is 18.4 Å². The molecule has 1 heterocycles. The first kappa shape index (κ1) is 21.1. The van der Waals surface area contributed by atoms with Crippen LogP contribution in [0.1, 0.15) is 26.7 Å². The van der Waals surface area contributed by atoms with Gasteiger partial charge in [0, 0.05) is 25.5 Å².